The molecule has 1 amide bonds. The molecule has 1 saturated heterocycles. The van der Waals surface area contributed by atoms with E-state index in [9.17, 15) is 14.4 Å². The highest BCUT2D eigenvalue weighted by atomic mass is 32.1. The number of amides is 1. The number of halogens is 1. The van der Waals surface area contributed by atoms with Crippen LogP contribution in [0.1, 0.15) is 34.5 Å². The normalized spacial score (nSPS) is 23.4. The number of anilines is 1. The zero-order valence-corrected chi connectivity index (χ0v) is 17.8. The molecular formula is C20H22FN7OS. The highest BCUT2D eigenvalue weighted by Gasteiger charge is 2.56. The fourth-order valence-electron chi connectivity index (χ4n) is 4.09. The number of carbonyl (C=O) groups excluding carboxylic acids is 1. The fourth-order valence-corrected chi connectivity index (χ4v) is 5.08. The molecule has 0 aliphatic carbocycles. The van der Waals surface area contributed by atoms with Crippen molar-refractivity contribution in [3.63, 3.8) is 0 Å². The molecule has 0 unspecified atom stereocenters. The van der Waals surface area contributed by atoms with Crippen LogP contribution >= 0.6 is 11.3 Å². The lowest BCUT2D eigenvalue weighted by atomic mass is 9.84. The van der Waals surface area contributed by atoms with E-state index in [4.69, 9.17) is 10.7 Å². The molecule has 2 N–H and O–H groups in total. The Labute approximate surface area is 177 Å². The molecule has 2 aromatic heterocycles. The molecule has 10 heteroatoms. The average Bonchev–Trinajstić information content (AvgIpc) is 3.35. The Balaban J connectivity index is 1.81. The maximum absolute atomic E-state index is 14.4. The predicted octanol–water partition coefficient (Wildman–Crippen LogP) is 1.93. The summed E-state index contributed by atoms with van der Waals surface area (Å²) in [7, 11) is 1.60. The van der Waals surface area contributed by atoms with Crippen molar-refractivity contribution in [3.05, 3.63) is 39.1 Å². The summed E-state index contributed by atoms with van der Waals surface area (Å²) in [5.41, 5.74) is 5.80. The van der Waals surface area contributed by atoms with Crippen LogP contribution in [0.5, 0.6) is 0 Å². The number of rotatable bonds is 4. The van der Waals surface area contributed by atoms with E-state index in [0.29, 0.717) is 36.0 Å². The van der Waals surface area contributed by atoms with Gasteiger partial charge in [0, 0.05) is 18.5 Å². The van der Waals surface area contributed by atoms with Gasteiger partial charge >= 0.3 is 0 Å². The van der Waals surface area contributed by atoms with E-state index in [-0.39, 0.29) is 23.4 Å². The standard InChI is InChI=1S/C20H22FN7OS/c1-4-5-14-16(21)11(2)24-19(25-14)28-9-13-17(29)27(3)18(23)26-20(13,10-28)15-7-6-12(8-22)30-15/h6-7,13H,4-5,9-10H2,1-3H3,(H2,23,26)/t13-,20-/m0/s1. The summed E-state index contributed by atoms with van der Waals surface area (Å²) in [5, 5.41) is 9.26. The number of aliphatic imine (C=N–C) groups is 1. The van der Waals surface area contributed by atoms with Crippen LogP contribution in [0.25, 0.3) is 0 Å². The molecule has 156 valence electrons. The second kappa shape index (κ2) is 7.32. The predicted molar refractivity (Wildman–Crippen MR) is 112 cm³/mol. The van der Waals surface area contributed by atoms with Gasteiger partial charge in [0.1, 0.15) is 16.5 Å². The largest absolute Gasteiger partial charge is 0.369 e. The molecule has 2 aliphatic heterocycles. The zero-order valence-electron chi connectivity index (χ0n) is 17.0. The number of thiophene rings is 1. The van der Waals surface area contributed by atoms with Crippen LogP contribution in [0.15, 0.2) is 17.1 Å². The second-order valence-corrected chi connectivity index (χ2v) is 8.70. The summed E-state index contributed by atoms with van der Waals surface area (Å²) in [6.45, 7) is 4.23. The smallest absolute Gasteiger partial charge is 0.236 e. The summed E-state index contributed by atoms with van der Waals surface area (Å²) >= 11 is 1.30. The Morgan fingerprint density at radius 3 is 2.87 bits per heavy atom. The summed E-state index contributed by atoms with van der Waals surface area (Å²) in [6.07, 6.45) is 1.27. The summed E-state index contributed by atoms with van der Waals surface area (Å²) in [5.74, 6) is -0.532. The highest BCUT2D eigenvalue weighted by Crippen LogP contribution is 2.46. The monoisotopic (exact) mass is 427 g/mol. The van der Waals surface area contributed by atoms with E-state index in [2.05, 4.69) is 16.0 Å². The van der Waals surface area contributed by atoms with Crippen LogP contribution in [-0.4, -0.2) is 46.9 Å². The van der Waals surface area contributed by atoms with E-state index in [1.54, 1.807) is 20.0 Å². The number of nitrogens with zero attached hydrogens (tertiary/aromatic N) is 6. The number of guanidine groups is 1. The molecule has 2 aromatic rings. The third kappa shape index (κ3) is 3.01. The number of nitriles is 1. The molecule has 0 saturated carbocycles. The van der Waals surface area contributed by atoms with Crippen LogP contribution in [0.2, 0.25) is 0 Å². The van der Waals surface area contributed by atoms with Crippen molar-refractivity contribution in [3.8, 4) is 6.07 Å². The van der Waals surface area contributed by atoms with E-state index >= 15 is 0 Å². The number of fused-ring (bicyclic) bond motifs is 1. The molecule has 30 heavy (non-hydrogen) atoms. The number of hydrogen-bond acceptors (Lipinski definition) is 8. The molecule has 8 nitrogen and oxygen atoms in total. The molecule has 4 rings (SSSR count). The van der Waals surface area contributed by atoms with E-state index in [0.717, 1.165) is 11.3 Å². The van der Waals surface area contributed by atoms with Gasteiger partial charge in [0.15, 0.2) is 11.8 Å². The van der Waals surface area contributed by atoms with Gasteiger partial charge in [0.2, 0.25) is 11.9 Å². The van der Waals surface area contributed by atoms with Crippen LogP contribution in [0, 0.1) is 30.0 Å². The lowest BCUT2D eigenvalue weighted by Crippen LogP contribution is -2.54. The SMILES string of the molecule is CCCc1nc(N2C[C@H]3C(=O)N(C)C(N)=N[C@@]3(c3ccc(C#N)s3)C2)nc(C)c1F. The number of carbonyl (C=O) groups is 1. The van der Waals surface area contributed by atoms with Crippen LogP contribution in [-0.2, 0) is 16.8 Å². The number of aryl methyl sites for hydroxylation is 2. The first kappa shape index (κ1) is 20.2. The van der Waals surface area contributed by atoms with Crippen molar-refractivity contribution in [1.29, 1.82) is 5.26 Å². The molecule has 0 radical (unpaired) electrons. The number of nitrogens with two attached hydrogens (primary N) is 1. The first-order valence-corrected chi connectivity index (χ1v) is 10.5. The first-order valence-electron chi connectivity index (χ1n) is 9.72. The highest BCUT2D eigenvalue weighted by molar-refractivity contribution is 7.12. The van der Waals surface area contributed by atoms with E-state index in [1.807, 2.05) is 17.9 Å². The zero-order chi connectivity index (χ0) is 21.6. The van der Waals surface area contributed by atoms with Gasteiger partial charge in [-0.1, -0.05) is 13.3 Å². The third-order valence-electron chi connectivity index (χ3n) is 5.68. The van der Waals surface area contributed by atoms with E-state index < -0.39 is 11.5 Å². The van der Waals surface area contributed by atoms with Crippen molar-refractivity contribution in [2.24, 2.45) is 16.6 Å². The average molecular weight is 428 g/mol. The van der Waals surface area contributed by atoms with Gasteiger partial charge in [0.25, 0.3) is 0 Å². The molecular weight excluding hydrogens is 405 g/mol. The van der Waals surface area contributed by atoms with Crippen molar-refractivity contribution >= 4 is 29.2 Å². The Bertz CT molecular complexity index is 1090. The summed E-state index contributed by atoms with van der Waals surface area (Å²) < 4.78 is 14.4. The molecule has 0 bridgehead atoms. The Morgan fingerprint density at radius 2 is 2.20 bits per heavy atom. The summed E-state index contributed by atoms with van der Waals surface area (Å²) in [4.78, 5) is 31.2. The minimum absolute atomic E-state index is 0.132. The molecule has 0 aromatic carbocycles. The lowest BCUT2D eigenvalue weighted by Gasteiger charge is -2.36. The van der Waals surface area contributed by atoms with Gasteiger partial charge in [-0.05, 0) is 25.5 Å². The van der Waals surface area contributed by atoms with Crippen LogP contribution < -0.4 is 10.6 Å². The quantitative estimate of drug-likeness (QED) is 0.798. The molecule has 0 spiro atoms. The minimum Gasteiger partial charge on any atom is -0.369 e. The second-order valence-electron chi connectivity index (χ2n) is 7.62. The Kier molecular flexibility index (Phi) is 4.94. The van der Waals surface area contributed by atoms with Crippen molar-refractivity contribution in [2.45, 2.75) is 32.2 Å². The van der Waals surface area contributed by atoms with Crippen LogP contribution in [0.3, 0.4) is 0 Å². The first-order chi connectivity index (χ1) is 14.3. The Hall–Kier alpha value is -3.06. The number of hydrogen-bond donors (Lipinski definition) is 1. The maximum atomic E-state index is 14.4. The van der Waals surface area contributed by atoms with Crippen molar-refractivity contribution < 1.29 is 9.18 Å². The summed E-state index contributed by atoms with van der Waals surface area (Å²) in [6, 6.07) is 5.69. The van der Waals surface area contributed by atoms with Gasteiger partial charge in [0.05, 0.1) is 23.9 Å². The lowest BCUT2D eigenvalue weighted by molar-refractivity contribution is -0.132. The van der Waals surface area contributed by atoms with Crippen molar-refractivity contribution in [1.82, 2.24) is 14.9 Å². The fraction of sp³-hybridized carbons (Fsp3) is 0.450. The minimum atomic E-state index is -0.927. The van der Waals surface area contributed by atoms with Crippen molar-refractivity contribution in [2.75, 3.05) is 25.0 Å². The maximum Gasteiger partial charge on any atom is 0.236 e. The Morgan fingerprint density at radius 1 is 1.43 bits per heavy atom. The van der Waals surface area contributed by atoms with Gasteiger partial charge in [-0.25, -0.2) is 19.4 Å². The van der Waals surface area contributed by atoms with Gasteiger partial charge in [-0.15, -0.1) is 11.3 Å². The molecule has 4 heterocycles. The van der Waals surface area contributed by atoms with E-state index in [1.165, 1.54) is 16.2 Å². The molecule has 2 atom stereocenters. The molecule has 1 fully saturated rings. The third-order valence-corrected chi connectivity index (χ3v) is 6.84. The van der Waals surface area contributed by atoms with Gasteiger partial charge in [-0.2, -0.15) is 5.26 Å². The van der Waals surface area contributed by atoms with Crippen LogP contribution in [0.4, 0.5) is 10.3 Å². The number of aromatic nitrogens is 2. The topological polar surface area (TPSA) is 112 Å². The van der Waals surface area contributed by atoms with Gasteiger partial charge in [-0.3, -0.25) is 9.69 Å². The van der Waals surface area contributed by atoms with Gasteiger partial charge < -0.3 is 10.6 Å². The molecule has 2 aliphatic rings.